The number of hydrogen-bond donors (Lipinski definition) is 1. The van der Waals surface area contributed by atoms with Crippen LogP contribution < -0.4 is 0 Å². The fourth-order valence-corrected chi connectivity index (χ4v) is 2.79. The van der Waals surface area contributed by atoms with E-state index in [4.69, 9.17) is 0 Å². The molecule has 0 aliphatic rings. The van der Waals surface area contributed by atoms with Gasteiger partial charge in [0.25, 0.3) is 0 Å². The van der Waals surface area contributed by atoms with Gasteiger partial charge in [-0.3, -0.25) is 0 Å². The summed E-state index contributed by atoms with van der Waals surface area (Å²) in [6.07, 6.45) is 0.497. The first kappa shape index (κ1) is 9.69. The predicted octanol–water partition coefficient (Wildman–Crippen LogP) is 3.13. The topological polar surface area (TPSA) is 20.2 Å². The maximum atomic E-state index is 9.36. The lowest BCUT2D eigenvalue weighted by atomic mass is 10.1. The van der Waals surface area contributed by atoms with Crippen molar-refractivity contribution in [3.63, 3.8) is 0 Å². The van der Waals surface area contributed by atoms with E-state index in [1.807, 2.05) is 6.92 Å². The molecular formula is C12H14OS. The molecule has 1 heterocycles. The lowest BCUT2D eigenvalue weighted by Gasteiger charge is -2.02. The summed E-state index contributed by atoms with van der Waals surface area (Å²) in [6, 6.07) is 6.34. The van der Waals surface area contributed by atoms with Crippen molar-refractivity contribution in [2.24, 2.45) is 0 Å². The van der Waals surface area contributed by atoms with E-state index in [9.17, 15) is 5.11 Å². The molecule has 2 rings (SSSR count). The Hall–Kier alpha value is -0.860. The Morgan fingerprint density at radius 1 is 1.43 bits per heavy atom. The summed E-state index contributed by atoms with van der Waals surface area (Å²) in [4.78, 5) is 0. The number of benzene rings is 1. The molecule has 0 aliphatic heterocycles. The van der Waals surface area contributed by atoms with Crippen LogP contribution in [0.5, 0.6) is 0 Å². The molecule has 0 radical (unpaired) electrons. The standard InChI is InChI=1S/C12H14OS/c1-8-4-3-5-11-10(6-9(2)13)7-14-12(8)11/h3-5,7,9,13H,6H2,1-2H3. The second-order valence-corrected chi connectivity index (χ2v) is 4.65. The quantitative estimate of drug-likeness (QED) is 0.800. The van der Waals surface area contributed by atoms with Gasteiger partial charge in [0.15, 0.2) is 0 Å². The molecule has 1 aromatic heterocycles. The maximum Gasteiger partial charge on any atom is 0.0552 e. The molecule has 2 aromatic rings. The average molecular weight is 206 g/mol. The van der Waals surface area contributed by atoms with Gasteiger partial charge in [0.2, 0.25) is 0 Å². The number of thiophene rings is 1. The molecule has 0 amide bonds. The van der Waals surface area contributed by atoms with E-state index in [0.717, 1.165) is 6.42 Å². The zero-order chi connectivity index (χ0) is 10.1. The number of aryl methyl sites for hydroxylation is 1. The molecule has 0 aliphatic carbocycles. The van der Waals surface area contributed by atoms with Crippen LogP contribution in [0.3, 0.4) is 0 Å². The van der Waals surface area contributed by atoms with Crippen molar-refractivity contribution < 1.29 is 5.11 Å². The summed E-state index contributed by atoms with van der Waals surface area (Å²) < 4.78 is 1.35. The van der Waals surface area contributed by atoms with Gasteiger partial charge >= 0.3 is 0 Å². The number of rotatable bonds is 2. The third-order valence-corrected chi connectivity index (χ3v) is 3.57. The normalized spacial score (nSPS) is 13.4. The highest BCUT2D eigenvalue weighted by Gasteiger charge is 2.07. The monoisotopic (exact) mass is 206 g/mol. The highest BCUT2D eigenvalue weighted by Crippen LogP contribution is 2.29. The highest BCUT2D eigenvalue weighted by molar-refractivity contribution is 7.17. The minimum Gasteiger partial charge on any atom is -0.393 e. The third-order valence-electron chi connectivity index (χ3n) is 2.39. The van der Waals surface area contributed by atoms with E-state index >= 15 is 0 Å². The summed E-state index contributed by atoms with van der Waals surface area (Å²) in [7, 11) is 0. The van der Waals surface area contributed by atoms with E-state index in [1.54, 1.807) is 11.3 Å². The van der Waals surface area contributed by atoms with Gasteiger partial charge in [-0.25, -0.2) is 0 Å². The fraction of sp³-hybridized carbons (Fsp3) is 0.333. The fourth-order valence-electron chi connectivity index (χ4n) is 1.73. The van der Waals surface area contributed by atoms with Crippen molar-refractivity contribution >= 4 is 21.4 Å². The largest absolute Gasteiger partial charge is 0.393 e. The Morgan fingerprint density at radius 3 is 2.93 bits per heavy atom. The van der Waals surface area contributed by atoms with Crippen molar-refractivity contribution in [3.05, 3.63) is 34.7 Å². The van der Waals surface area contributed by atoms with Gasteiger partial charge in [-0.1, -0.05) is 18.2 Å². The second kappa shape index (κ2) is 3.71. The highest BCUT2D eigenvalue weighted by atomic mass is 32.1. The molecule has 1 nitrogen and oxygen atoms in total. The molecule has 74 valence electrons. The van der Waals surface area contributed by atoms with Crippen LogP contribution in [-0.2, 0) is 6.42 Å². The van der Waals surface area contributed by atoms with E-state index < -0.39 is 0 Å². The minimum atomic E-state index is -0.256. The van der Waals surface area contributed by atoms with Gasteiger partial charge in [0.05, 0.1) is 6.10 Å². The van der Waals surface area contributed by atoms with Crippen molar-refractivity contribution in [3.8, 4) is 0 Å². The first-order valence-electron chi connectivity index (χ1n) is 4.82. The summed E-state index contributed by atoms with van der Waals surface area (Å²) in [5.41, 5.74) is 2.59. The summed E-state index contributed by atoms with van der Waals surface area (Å²) in [5, 5.41) is 12.8. The molecule has 1 N–H and O–H groups in total. The molecule has 0 fully saturated rings. The second-order valence-electron chi connectivity index (χ2n) is 3.77. The van der Waals surface area contributed by atoms with Crippen molar-refractivity contribution in [2.45, 2.75) is 26.4 Å². The van der Waals surface area contributed by atoms with Crippen molar-refractivity contribution in [2.75, 3.05) is 0 Å². The van der Waals surface area contributed by atoms with E-state index in [1.165, 1.54) is 21.2 Å². The van der Waals surface area contributed by atoms with Crippen LogP contribution in [0.1, 0.15) is 18.1 Å². The van der Waals surface area contributed by atoms with Crippen LogP contribution in [-0.4, -0.2) is 11.2 Å². The first-order valence-corrected chi connectivity index (χ1v) is 5.70. The van der Waals surface area contributed by atoms with Crippen molar-refractivity contribution in [1.82, 2.24) is 0 Å². The van der Waals surface area contributed by atoms with Crippen LogP contribution in [0.2, 0.25) is 0 Å². The van der Waals surface area contributed by atoms with Gasteiger partial charge in [-0.15, -0.1) is 11.3 Å². The summed E-state index contributed by atoms with van der Waals surface area (Å²) in [6.45, 7) is 3.96. The molecule has 0 spiro atoms. The molecule has 0 bridgehead atoms. The van der Waals surface area contributed by atoms with E-state index in [0.29, 0.717) is 0 Å². The van der Waals surface area contributed by atoms with Crippen LogP contribution in [0.15, 0.2) is 23.6 Å². The van der Waals surface area contributed by atoms with Crippen LogP contribution in [0.25, 0.3) is 10.1 Å². The van der Waals surface area contributed by atoms with Gasteiger partial charge in [-0.2, -0.15) is 0 Å². The maximum absolute atomic E-state index is 9.36. The molecule has 1 unspecified atom stereocenters. The van der Waals surface area contributed by atoms with Crippen LogP contribution in [0.4, 0.5) is 0 Å². The minimum absolute atomic E-state index is 0.256. The number of hydrogen-bond acceptors (Lipinski definition) is 2. The van der Waals surface area contributed by atoms with Gasteiger partial charge in [0.1, 0.15) is 0 Å². The third kappa shape index (κ3) is 1.68. The zero-order valence-electron chi connectivity index (χ0n) is 8.45. The summed E-state index contributed by atoms with van der Waals surface area (Å²) >= 11 is 1.77. The molecule has 1 atom stereocenters. The number of fused-ring (bicyclic) bond motifs is 1. The smallest absolute Gasteiger partial charge is 0.0552 e. The molecule has 14 heavy (non-hydrogen) atoms. The van der Waals surface area contributed by atoms with Gasteiger partial charge < -0.3 is 5.11 Å². The number of aliphatic hydroxyl groups is 1. The predicted molar refractivity (Wildman–Crippen MR) is 61.9 cm³/mol. The van der Waals surface area contributed by atoms with Crippen LogP contribution in [0, 0.1) is 6.92 Å². The van der Waals surface area contributed by atoms with E-state index in [-0.39, 0.29) is 6.10 Å². The Morgan fingerprint density at radius 2 is 2.21 bits per heavy atom. The lowest BCUT2D eigenvalue weighted by molar-refractivity contribution is 0.196. The van der Waals surface area contributed by atoms with Crippen molar-refractivity contribution in [1.29, 1.82) is 0 Å². The Bertz CT molecular complexity index is 443. The Kier molecular flexibility index (Phi) is 2.57. The average Bonchev–Trinajstić information content (AvgIpc) is 2.49. The van der Waals surface area contributed by atoms with Crippen LogP contribution >= 0.6 is 11.3 Å². The molecule has 2 heteroatoms. The SMILES string of the molecule is Cc1cccc2c(CC(C)O)csc12. The van der Waals surface area contributed by atoms with Gasteiger partial charge in [-0.05, 0) is 42.2 Å². The zero-order valence-corrected chi connectivity index (χ0v) is 9.27. The number of aliphatic hydroxyl groups excluding tert-OH is 1. The van der Waals surface area contributed by atoms with E-state index in [2.05, 4.69) is 30.5 Å². The first-order chi connectivity index (χ1) is 6.68. The van der Waals surface area contributed by atoms with Gasteiger partial charge in [0, 0.05) is 4.70 Å². The molecule has 1 aromatic carbocycles. The lowest BCUT2D eigenvalue weighted by Crippen LogP contribution is -2.03. The molecular weight excluding hydrogens is 192 g/mol. The molecule has 0 saturated carbocycles. The Labute approximate surface area is 88.0 Å². The molecule has 0 saturated heterocycles. The summed E-state index contributed by atoms with van der Waals surface area (Å²) in [5.74, 6) is 0. The Balaban J connectivity index is 2.52.